The van der Waals surface area contributed by atoms with Crippen molar-refractivity contribution in [2.75, 3.05) is 25.2 Å². The molecule has 2 heterocycles. The highest BCUT2D eigenvalue weighted by molar-refractivity contribution is 7.99. The first-order valence-corrected chi connectivity index (χ1v) is 8.32. The van der Waals surface area contributed by atoms with Crippen LogP contribution in [0.1, 0.15) is 5.56 Å². The Kier molecular flexibility index (Phi) is 4.99. The highest BCUT2D eigenvalue weighted by Gasteiger charge is 2.14. The molecule has 3 rings (SSSR count). The van der Waals surface area contributed by atoms with E-state index >= 15 is 0 Å². The van der Waals surface area contributed by atoms with E-state index in [4.69, 9.17) is 10.3 Å². The Morgan fingerprint density at radius 2 is 2.00 bits per heavy atom. The lowest BCUT2D eigenvalue weighted by Crippen LogP contribution is -2.21. The molecule has 6 nitrogen and oxygen atoms in total. The first-order chi connectivity index (χ1) is 11.2. The Morgan fingerprint density at radius 3 is 2.74 bits per heavy atom. The molecule has 0 saturated heterocycles. The van der Waals surface area contributed by atoms with Gasteiger partial charge in [-0.25, -0.2) is 4.68 Å². The summed E-state index contributed by atoms with van der Waals surface area (Å²) in [4.78, 5) is 2.27. The predicted molar refractivity (Wildman–Crippen MR) is 91.4 cm³/mol. The number of thioether (sulfide) groups is 1. The van der Waals surface area contributed by atoms with E-state index in [2.05, 4.69) is 46.4 Å². The highest BCUT2D eigenvalue weighted by Crippen LogP contribution is 2.21. The summed E-state index contributed by atoms with van der Waals surface area (Å²) in [6.07, 6.45) is 1.59. The summed E-state index contributed by atoms with van der Waals surface area (Å²) in [7, 11) is 2.11. The molecule has 0 aliphatic rings. The first-order valence-electron chi connectivity index (χ1n) is 7.33. The molecular formula is C16H19N5OS. The third-order valence-corrected chi connectivity index (χ3v) is 4.33. The number of hydrogen-bond acceptors (Lipinski definition) is 6. The van der Waals surface area contributed by atoms with Crippen LogP contribution < -0.4 is 5.84 Å². The van der Waals surface area contributed by atoms with Gasteiger partial charge in [-0.15, -0.1) is 10.2 Å². The highest BCUT2D eigenvalue weighted by atomic mass is 32.2. The van der Waals surface area contributed by atoms with Crippen molar-refractivity contribution in [3.05, 3.63) is 54.3 Å². The normalized spacial score (nSPS) is 11.2. The Balaban J connectivity index is 1.51. The second kappa shape index (κ2) is 7.34. The largest absolute Gasteiger partial charge is 0.461 e. The number of aromatic nitrogens is 3. The molecule has 0 fully saturated rings. The topological polar surface area (TPSA) is 73.1 Å². The van der Waals surface area contributed by atoms with Crippen LogP contribution in [-0.4, -0.2) is 39.1 Å². The number of furan rings is 1. The SMILES string of the molecule is CN(CCSc1nnc(-c2ccco2)n1N)Cc1ccccc1. The van der Waals surface area contributed by atoms with Gasteiger partial charge in [0.05, 0.1) is 6.26 Å². The van der Waals surface area contributed by atoms with Crippen molar-refractivity contribution < 1.29 is 4.42 Å². The molecule has 23 heavy (non-hydrogen) atoms. The lowest BCUT2D eigenvalue weighted by Gasteiger charge is -2.16. The Morgan fingerprint density at radius 1 is 1.17 bits per heavy atom. The van der Waals surface area contributed by atoms with Gasteiger partial charge in [-0.1, -0.05) is 42.1 Å². The summed E-state index contributed by atoms with van der Waals surface area (Å²) in [6.45, 7) is 1.86. The van der Waals surface area contributed by atoms with Crippen molar-refractivity contribution in [3.63, 3.8) is 0 Å². The maximum atomic E-state index is 6.03. The molecule has 0 unspecified atom stereocenters. The average Bonchev–Trinajstić information content (AvgIpc) is 3.19. The molecule has 0 bridgehead atoms. The zero-order valence-electron chi connectivity index (χ0n) is 12.9. The van der Waals surface area contributed by atoms with Gasteiger partial charge in [0.2, 0.25) is 11.0 Å². The Labute approximate surface area is 139 Å². The number of nitrogens with two attached hydrogens (primary N) is 1. The van der Waals surface area contributed by atoms with E-state index < -0.39 is 0 Å². The van der Waals surface area contributed by atoms with Crippen molar-refractivity contribution in [1.82, 2.24) is 19.8 Å². The predicted octanol–water partition coefficient (Wildman–Crippen LogP) is 2.48. The smallest absolute Gasteiger partial charge is 0.218 e. The number of nitrogens with zero attached hydrogens (tertiary/aromatic N) is 4. The van der Waals surface area contributed by atoms with E-state index in [1.807, 2.05) is 12.1 Å². The van der Waals surface area contributed by atoms with Crippen LogP contribution in [0.4, 0.5) is 0 Å². The number of hydrogen-bond donors (Lipinski definition) is 1. The van der Waals surface area contributed by atoms with Crippen LogP contribution in [-0.2, 0) is 6.54 Å². The minimum absolute atomic E-state index is 0.537. The van der Waals surface area contributed by atoms with Crippen LogP contribution in [0, 0.1) is 0 Å². The zero-order chi connectivity index (χ0) is 16.1. The van der Waals surface area contributed by atoms with Crippen LogP contribution in [0.15, 0.2) is 58.3 Å². The molecule has 120 valence electrons. The molecule has 0 spiro atoms. The van der Waals surface area contributed by atoms with Crippen molar-refractivity contribution in [2.45, 2.75) is 11.7 Å². The van der Waals surface area contributed by atoms with Crippen LogP contribution in [0.5, 0.6) is 0 Å². The van der Waals surface area contributed by atoms with Crippen LogP contribution in [0.3, 0.4) is 0 Å². The fraction of sp³-hybridized carbons (Fsp3) is 0.250. The molecule has 0 aliphatic heterocycles. The van der Waals surface area contributed by atoms with Crippen molar-refractivity contribution in [1.29, 1.82) is 0 Å². The van der Waals surface area contributed by atoms with Crippen molar-refractivity contribution in [2.24, 2.45) is 0 Å². The summed E-state index contributed by atoms with van der Waals surface area (Å²) in [5.41, 5.74) is 1.31. The molecular weight excluding hydrogens is 310 g/mol. The van der Waals surface area contributed by atoms with Gasteiger partial charge in [0.15, 0.2) is 5.76 Å². The summed E-state index contributed by atoms with van der Waals surface area (Å²) < 4.78 is 6.77. The second-order valence-corrected chi connectivity index (χ2v) is 6.29. The Bertz CT molecular complexity index is 726. The number of nitrogen functional groups attached to an aromatic ring is 1. The lowest BCUT2D eigenvalue weighted by atomic mass is 10.2. The summed E-state index contributed by atoms with van der Waals surface area (Å²) in [6, 6.07) is 14.0. The van der Waals surface area contributed by atoms with Gasteiger partial charge < -0.3 is 15.2 Å². The van der Waals surface area contributed by atoms with Gasteiger partial charge in [0.25, 0.3) is 0 Å². The third-order valence-electron chi connectivity index (χ3n) is 3.41. The van der Waals surface area contributed by atoms with Crippen LogP contribution >= 0.6 is 11.8 Å². The van der Waals surface area contributed by atoms with E-state index in [0.29, 0.717) is 16.7 Å². The minimum Gasteiger partial charge on any atom is -0.461 e. The summed E-state index contributed by atoms with van der Waals surface area (Å²) in [5, 5.41) is 8.89. The number of benzene rings is 1. The van der Waals surface area contributed by atoms with E-state index in [9.17, 15) is 0 Å². The van der Waals surface area contributed by atoms with Crippen LogP contribution in [0.25, 0.3) is 11.6 Å². The quantitative estimate of drug-likeness (QED) is 0.530. The summed E-state index contributed by atoms with van der Waals surface area (Å²) >= 11 is 1.59. The molecule has 0 radical (unpaired) electrons. The molecule has 0 saturated carbocycles. The van der Waals surface area contributed by atoms with Crippen molar-refractivity contribution >= 4 is 11.8 Å². The number of rotatable bonds is 7. The van der Waals surface area contributed by atoms with E-state index in [1.54, 1.807) is 24.1 Å². The lowest BCUT2D eigenvalue weighted by molar-refractivity contribution is 0.348. The van der Waals surface area contributed by atoms with Gasteiger partial charge in [-0.2, -0.15) is 0 Å². The monoisotopic (exact) mass is 329 g/mol. The molecule has 3 aromatic rings. The fourth-order valence-corrected chi connectivity index (χ4v) is 3.13. The molecule has 0 aliphatic carbocycles. The van der Waals surface area contributed by atoms with Gasteiger partial charge in [-0.05, 0) is 24.7 Å². The second-order valence-electron chi connectivity index (χ2n) is 5.23. The fourth-order valence-electron chi connectivity index (χ4n) is 2.22. The average molecular weight is 329 g/mol. The van der Waals surface area contributed by atoms with E-state index in [1.165, 1.54) is 10.2 Å². The zero-order valence-corrected chi connectivity index (χ0v) is 13.7. The van der Waals surface area contributed by atoms with Gasteiger partial charge in [-0.3, -0.25) is 0 Å². The van der Waals surface area contributed by atoms with Crippen LogP contribution in [0.2, 0.25) is 0 Å². The molecule has 0 amide bonds. The molecule has 2 aromatic heterocycles. The minimum atomic E-state index is 0.537. The summed E-state index contributed by atoms with van der Waals surface area (Å²) in [5.74, 6) is 8.07. The first kappa shape index (κ1) is 15.6. The van der Waals surface area contributed by atoms with Crippen molar-refractivity contribution in [3.8, 4) is 11.6 Å². The van der Waals surface area contributed by atoms with E-state index in [-0.39, 0.29) is 0 Å². The van der Waals surface area contributed by atoms with E-state index in [0.717, 1.165) is 18.8 Å². The van der Waals surface area contributed by atoms with Gasteiger partial charge in [0.1, 0.15) is 0 Å². The Hall–Kier alpha value is -2.25. The molecule has 1 aromatic carbocycles. The standard InChI is InChI=1S/C16H19N5OS/c1-20(12-13-6-3-2-4-7-13)9-11-23-16-19-18-15(21(16)17)14-8-5-10-22-14/h2-8,10H,9,11-12,17H2,1H3. The maximum Gasteiger partial charge on any atom is 0.218 e. The molecule has 2 N–H and O–H groups in total. The molecule has 7 heteroatoms. The van der Waals surface area contributed by atoms with Gasteiger partial charge >= 0.3 is 0 Å². The third kappa shape index (κ3) is 3.94. The molecule has 0 atom stereocenters. The maximum absolute atomic E-state index is 6.03. The van der Waals surface area contributed by atoms with Gasteiger partial charge in [0, 0.05) is 18.8 Å².